The molecule has 0 atom stereocenters. The molecule has 0 bridgehead atoms. The SMILES string of the molecule is Nc1ccc(Oc2cc(Br)ccc2Cl)c(F)c1. The minimum atomic E-state index is -0.527. The molecule has 0 heterocycles. The van der Waals surface area contributed by atoms with Crippen molar-refractivity contribution in [1.29, 1.82) is 0 Å². The summed E-state index contributed by atoms with van der Waals surface area (Å²) in [6.07, 6.45) is 0. The van der Waals surface area contributed by atoms with E-state index in [0.29, 0.717) is 16.5 Å². The fourth-order valence-corrected chi connectivity index (χ4v) is 1.77. The first kappa shape index (κ1) is 12.2. The maximum absolute atomic E-state index is 13.5. The second kappa shape index (κ2) is 4.94. The third-order valence-corrected chi connectivity index (χ3v) is 2.87. The van der Waals surface area contributed by atoms with Crippen LogP contribution in [0, 0.1) is 5.82 Å². The van der Waals surface area contributed by atoms with Gasteiger partial charge in [-0.1, -0.05) is 27.5 Å². The molecule has 0 radical (unpaired) electrons. The van der Waals surface area contributed by atoms with Crippen LogP contribution in [0.15, 0.2) is 40.9 Å². The lowest BCUT2D eigenvalue weighted by Gasteiger charge is -2.09. The Morgan fingerprint density at radius 3 is 2.59 bits per heavy atom. The predicted molar refractivity (Wildman–Crippen MR) is 70.0 cm³/mol. The molecule has 2 aromatic carbocycles. The number of nitrogens with two attached hydrogens (primary N) is 1. The fourth-order valence-electron chi connectivity index (χ4n) is 1.27. The Labute approximate surface area is 111 Å². The van der Waals surface area contributed by atoms with Gasteiger partial charge < -0.3 is 10.5 Å². The lowest BCUT2D eigenvalue weighted by atomic mass is 10.3. The average molecular weight is 317 g/mol. The Bertz CT molecular complexity index is 562. The summed E-state index contributed by atoms with van der Waals surface area (Å²) >= 11 is 9.22. The summed E-state index contributed by atoms with van der Waals surface area (Å²) < 4.78 is 19.7. The van der Waals surface area contributed by atoms with E-state index >= 15 is 0 Å². The van der Waals surface area contributed by atoms with E-state index in [1.165, 1.54) is 12.1 Å². The van der Waals surface area contributed by atoms with Crippen LogP contribution < -0.4 is 10.5 Å². The summed E-state index contributed by atoms with van der Waals surface area (Å²) in [5, 5.41) is 0.407. The molecule has 0 aliphatic heterocycles. The number of hydrogen-bond donors (Lipinski definition) is 1. The molecular weight excluding hydrogens is 308 g/mol. The first-order valence-corrected chi connectivity index (χ1v) is 5.91. The van der Waals surface area contributed by atoms with Crippen LogP contribution in [0.2, 0.25) is 5.02 Å². The number of anilines is 1. The van der Waals surface area contributed by atoms with Crippen LogP contribution in [0.3, 0.4) is 0 Å². The van der Waals surface area contributed by atoms with Crippen molar-refractivity contribution in [1.82, 2.24) is 0 Å². The quantitative estimate of drug-likeness (QED) is 0.821. The Morgan fingerprint density at radius 2 is 1.88 bits per heavy atom. The zero-order valence-corrected chi connectivity index (χ0v) is 10.9. The van der Waals surface area contributed by atoms with Gasteiger partial charge in [-0.3, -0.25) is 0 Å². The van der Waals surface area contributed by atoms with Crippen LogP contribution in [-0.2, 0) is 0 Å². The Balaban J connectivity index is 2.34. The van der Waals surface area contributed by atoms with E-state index in [-0.39, 0.29) is 5.75 Å². The standard InChI is InChI=1S/C12H8BrClFNO/c13-7-1-3-9(14)12(5-7)17-11-4-2-8(16)6-10(11)15/h1-6H,16H2. The molecule has 0 unspecified atom stereocenters. The third-order valence-electron chi connectivity index (χ3n) is 2.07. The van der Waals surface area contributed by atoms with Crippen LogP contribution in [0.5, 0.6) is 11.5 Å². The highest BCUT2D eigenvalue weighted by atomic mass is 79.9. The van der Waals surface area contributed by atoms with Crippen molar-refractivity contribution in [2.24, 2.45) is 0 Å². The minimum Gasteiger partial charge on any atom is -0.453 e. The number of benzene rings is 2. The number of halogens is 3. The highest BCUT2D eigenvalue weighted by Crippen LogP contribution is 2.33. The van der Waals surface area contributed by atoms with Gasteiger partial charge in [0.15, 0.2) is 11.6 Å². The van der Waals surface area contributed by atoms with Gasteiger partial charge in [0.05, 0.1) is 5.02 Å². The van der Waals surface area contributed by atoms with Crippen molar-refractivity contribution in [3.63, 3.8) is 0 Å². The number of nitrogen functional groups attached to an aromatic ring is 1. The van der Waals surface area contributed by atoms with Gasteiger partial charge in [0.1, 0.15) is 5.75 Å². The lowest BCUT2D eigenvalue weighted by molar-refractivity contribution is 0.442. The van der Waals surface area contributed by atoms with Crippen LogP contribution in [-0.4, -0.2) is 0 Å². The number of ether oxygens (including phenoxy) is 1. The molecule has 0 aliphatic rings. The molecule has 0 saturated heterocycles. The van der Waals surface area contributed by atoms with Crippen molar-refractivity contribution in [3.8, 4) is 11.5 Å². The van der Waals surface area contributed by atoms with Gasteiger partial charge in [0.25, 0.3) is 0 Å². The fraction of sp³-hybridized carbons (Fsp3) is 0. The van der Waals surface area contributed by atoms with Gasteiger partial charge in [-0.05, 0) is 30.3 Å². The van der Waals surface area contributed by atoms with Crippen LogP contribution in [0.25, 0.3) is 0 Å². The molecule has 2 nitrogen and oxygen atoms in total. The summed E-state index contributed by atoms with van der Waals surface area (Å²) in [5.41, 5.74) is 5.79. The topological polar surface area (TPSA) is 35.2 Å². The van der Waals surface area contributed by atoms with E-state index in [9.17, 15) is 4.39 Å². The van der Waals surface area contributed by atoms with Crippen molar-refractivity contribution in [2.45, 2.75) is 0 Å². The molecule has 0 spiro atoms. The zero-order valence-electron chi connectivity index (χ0n) is 8.58. The van der Waals surface area contributed by atoms with Crippen LogP contribution in [0.4, 0.5) is 10.1 Å². The smallest absolute Gasteiger partial charge is 0.167 e. The summed E-state index contributed by atoms with van der Waals surface area (Å²) in [5.74, 6) is -0.0649. The van der Waals surface area contributed by atoms with E-state index in [0.717, 1.165) is 4.47 Å². The maximum atomic E-state index is 13.5. The number of rotatable bonds is 2. The van der Waals surface area contributed by atoms with Gasteiger partial charge in [-0.25, -0.2) is 4.39 Å². The highest BCUT2D eigenvalue weighted by Gasteiger charge is 2.08. The van der Waals surface area contributed by atoms with Gasteiger partial charge >= 0.3 is 0 Å². The highest BCUT2D eigenvalue weighted by molar-refractivity contribution is 9.10. The molecule has 17 heavy (non-hydrogen) atoms. The Hall–Kier alpha value is -1.26. The maximum Gasteiger partial charge on any atom is 0.167 e. The summed E-state index contributed by atoms with van der Waals surface area (Å²) in [6, 6.07) is 9.32. The Morgan fingerprint density at radius 1 is 1.12 bits per heavy atom. The monoisotopic (exact) mass is 315 g/mol. The van der Waals surface area contributed by atoms with Crippen molar-refractivity contribution >= 4 is 33.2 Å². The summed E-state index contributed by atoms with van der Waals surface area (Å²) in [4.78, 5) is 0. The molecule has 2 rings (SSSR count). The van der Waals surface area contributed by atoms with Crippen molar-refractivity contribution < 1.29 is 9.13 Å². The zero-order chi connectivity index (χ0) is 12.4. The third kappa shape index (κ3) is 2.90. The molecule has 0 saturated carbocycles. The molecule has 2 aromatic rings. The van der Waals surface area contributed by atoms with Gasteiger partial charge in [-0.2, -0.15) is 0 Å². The normalized spacial score (nSPS) is 10.3. The number of hydrogen-bond acceptors (Lipinski definition) is 2. The molecule has 5 heteroatoms. The first-order chi connectivity index (χ1) is 8.06. The second-order valence-corrected chi connectivity index (χ2v) is 4.69. The molecule has 0 aliphatic carbocycles. The average Bonchev–Trinajstić information content (AvgIpc) is 2.27. The van der Waals surface area contributed by atoms with Gasteiger partial charge in [0.2, 0.25) is 0 Å². The van der Waals surface area contributed by atoms with Crippen molar-refractivity contribution in [3.05, 3.63) is 51.7 Å². The molecule has 88 valence electrons. The molecule has 0 amide bonds. The Kier molecular flexibility index (Phi) is 3.54. The van der Waals surface area contributed by atoms with E-state index in [1.807, 2.05) is 0 Å². The summed E-state index contributed by atoms with van der Waals surface area (Å²) in [7, 11) is 0. The summed E-state index contributed by atoms with van der Waals surface area (Å²) in [6.45, 7) is 0. The molecule has 0 aromatic heterocycles. The molecular formula is C12H8BrClFNO. The van der Waals surface area contributed by atoms with Crippen LogP contribution >= 0.6 is 27.5 Å². The molecule has 2 N–H and O–H groups in total. The largest absolute Gasteiger partial charge is 0.453 e. The molecule has 0 fully saturated rings. The van der Waals surface area contributed by atoms with Gasteiger partial charge in [-0.15, -0.1) is 0 Å². The van der Waals surface area contributed by atoms with E-state index in [4.69, 9.17) is 22.1 Å². The predicted octanol–water partition coefficient (Wildman–Crippen LogP) is 4.62. The van der Waals surface area contributed by atoms with E-state index in [2.05, 4.69) is 15.9 Å². The lowest BCUT2D eigenvalue weighted by Crippen LogP contribution is -1.91. The van der Waals surface area contributed by atoms with Crippen LogP contribution in [0.1, 0.15) is 0 Å². The van der Waals surface area contributed by atoms with E-state index in [1.54, 1.807) is 24.3 Å². The van der Waals surface area contributed by atoms with Crippen molar-refractivity contribution in [2.75, 3.05) is 5.73 Å². The second-order valence-electron chi connectivity index (χ2n) is 3.37. The van der Waals surface area contributed by atoms with E-state index < -0.39 is 5.82 Å². The van der Waals surface area contributed by atoms with Gasteiger partial charge in [0, 0.05) is 16.2 Å². The first-order valence-electron chi connectivity index (χ1n) is 4.74. The minimum absolute atomic E-state index is 0.0826.